The van der Waals surface area contributed by atoms with Crippen LogP contribution in [0.3, 0.4) is 0 Å². The molecule has 0 saturated heterocycles. The fourth-order valence-corrected chi connectivity index (χ4v) is 4.86. The number of hydrogen-bond acceptors (Lipinski definition) is 4. The van der Waals surface area contributed by atoms with Gasteiger partial charge < -0.3 is 5.32 Å². The molecule has 6 nitrogen and oxygen atoms in total. The molecule has 1 heterocycles. The van der Waals surface area contributed by atoms with Crippen molar-refractivity contribution in [1.29, 1.82) is 0 Å². The summed E-state index contributed by atoms with van der Waals surface area (Å²) in [4.78, 5) is 31.0. The molecule has 0 aliphatic rings. The third-order valence-electron chi connectivity index (χ3n) is 7.03. The molecule has 4 aromatic carbocycles. The molecule has 0 atom stereocenters. The SMILES string of the molecule is C/C(=N\NC(=O)c1cc(-c2ccc(Cl)cc2)nc2ccc(Cl)cc12)c1cccc(NC(=O)c2ccc(C(C)(C)C)cc2)c1. The normalized spacial score (nSPS) is 11.8. The fourth-order valence-electron chi connectivity index (χ4n) is 4.56. The standard InChI is InChI=1S/C35H30Cl2N4O2/c1-21(24-6-5-7-28(18-24)38-33(42)23-8-12-25(13-9-23)35(2,3)4)40-41-34(43)30-20-32(22-10-14-26(36)15-11-22)39-31-17-16-27(37)19-29(30)31/h5-20H,1-4H3,(H,38,42)(H,41,43)/b40-21+. The Morgan fingerprint density at radius 1 is 0.767 bits per heavy atom. The van der Waals surface area contributed by atoms with Gasteiger partial charge in [-0.15, -0.1) is 0 Å². The Morgan fingerprint density at radius 3 is 2.16 bits per heavy atom. The molecule has 216 valence electrons. The van der Waals surface area contributed by atoms with E-state index in [1.807, 2.05) is 60.7 Å². The van der Waals surface area contributed by atoms with Gasteiger partial charge in [0.05, 0.1) is 22.5 Å². The minimum Gasteiger partial charge on any atom is -0.322 e. The van der Waals surface area contributed by atoms with Gasteiger partial charge in [0.1, 0.15) is 0 Å². The van der Waals surface area contributed by atoms with Crippen molar-refractivity contribution in [2.45, 2.75) is 33.1 Å². The Balaban J connectivity index is 1.35. The van der Waals surface area contributed by atoms with E-state index in [1.54, 1.807) is 43.3 Å². The molecule has 0 saturated carbocycles. The third kappa shape index (κ3) is 7.11. The molecule has 1 aromatic heterocycles. The number of pyridine rings is 1. The Hall–Kier alpha value is -4.52. The van der Waals surface area contributed by atoms with Crippen LogP contribution in [0, 0.1) is 0 Å². The van der Waals surface area contributed by atoms with E-state index < -0.39 is 5.91 Å². The smallest absolute Gasteiger partial charge is 0.272 e. The highest BCUT2D eigenvalue weighted by atomic mass is 35.5. The number of nitrogens with zero attached hydrogens (tertiary/aromatic N) is 2. The van der Waals surface area contributed by atoms with E-state index in [0.29, 0.717) is 49.2 Å². The zero-order chi connectivity index (χ0) is 30.7. The van der Waals surface area contributed by atoms with Crippen LogP contribution >= 0.6 is 23.2 Å². The summed E-state index contributed by atoms with van der Waals surface area (Å²) in [6.45, 7) is 8.18. The Morgan fingerprint density at radius 2 is 1.47 bits per heavy atom. The number of halogens is 2. The van der Waals surface area contributed by atoms with Crippen molar-refractivity contribution < 1.29 is 9.59 Å². The van der Waals surface area contributed by atoms with Gasteiger partial charge in [0.2, 0.25) is 0 Å². The average Bonchev–Trinajstić information content (AvgIpc) is 2.99. The third-order valence-corrected chi connectivity index (χ3v) is 7.52. The van der Waals surface area contributed by atoms with E-state index in [1.165, 1.54) is 0 Å². The highest BCUT2D eigenvalue weighted by Crippen LogP contribution is 2.28. The van der Waals surface area contributed by atoms with Gasteiger partial charge in [-0.2, -0.15) is 5.10 Å². The maximum atomic E-state index is 13.4. The number of amides is 2. The summed E-state index contributed by atoms with van der Waals surface area (Å²) in [5.74, 6) is -0.618. The lowest BCUT2D eigenvalue weighted by atomic mass is 9.87. The number of hydrogen-bond donors (Lipinski definition) is 2. The lowest BCUT2D eigenvalue weighted by molar-refractivity contribution is 0.0955. The lowest BCUT2D eigenvalue weighted by Crippen LogP contribution is -2.20. The summed E-state index contributed by atoms with van der Waals surface area (Å²) >= 11 is 12.3. The molecule has 0 radical (unpaired) electrons. The molecule has 5 aromatic rings. The van der Waals surface area contributed by atoms with Gasteiger partial charge in [-0.3, -0.25) is 9.59 Å². The molecule has 8 heteroatoms. The number of aromatic nitrogens is 1. The Labute approximate surface area is 260 Å². The van der Waals surface area contributed by atoms with Crippen LogP contribution in [0.1, 0.15) is 59.5 Å². The molecule has 43 heavy (non-hydrogen) atoms. The second-order valence-electron chi connectivity index (χ2n) is 11.2. The lowest BCUT2D eigenvalue weighted by Gasteiger charge is -2.19. The second-order valence-corrected chi connectivity index (χ2v) is 12.1. The number of fused-ring (bicyclic) bond motifs is 1. The molecule has 2 amide bonds. The molecule has 0 fully saturated rings. The van der Waals surface area contributed by atoms with E-state index in [0.717, 1.165) is 16.7 Å². The number of hydrazone groups is 1. The van der Waals surface area contributed by atoms with Crippen molar-refractivity contribution in [3.8, 4) is 11.3 Å². The van der Waals surface area contributed by atoms with Crippen molar-refractivity contribution in [3.63, 3.8) is 0 Å². The van der Waals surface area contributed by atoms with Crippen molar-refractivity contribution in [3.05, 3.63) is 129 Å². The summed E-state index contributed by atoms with van der Waals surface area (Å²) in [7, 11) is 0. The van der Waals surface area contributed by atoms with E-state index in [4.69, 9.17) is 28.2 Å². The number of carbonyl (C=O) groups is 2. The van der Waals surface area contributed by atoms with Gasteiger partial charge in [-0.05, 0) is 84.1 Å². The number of benzene rings is 4. The van der Waals surface area contributed by atoms with Crippen LogP contribution in [0.15, 0.2) is 102 Å². The zero-order valence-electron chi connectivity index (χ0n) is 24.2. The van der Waals surface area contributed by atoms with E-state index in [2.05, 4.69) is 36.6 Å². The Bertz CT molecular complexity index is 1860. The first-order valence-electron chi connectivity index (χ1n) is 13.7. The highest BCUT2D eigenvalue weighted by Gasteiger charge is 2.16. The minimum atomic E-state index is -0.410. The van der Waals surface area contributed by atoms with E-state index in [9.17, 15) is 9.59 Å². The molecular formula is C35H30Cl2N4O2. The van der Waals surface area contributed by atoms with Crippen molar-refractivity contribution >= 4 is 57.3 Å². The van der Waals surface area contributed by atoms with Crippen LogP contribution in [0.5, 0.6) is 0 Å². The number of anilines is 1. The fraction of sp³-hybridized carbons (Fsp3) is 0.143. The van der Waals surface area contributed by atoms with E-state index in [-0.39, 0.29) is 11.3 Å². The van der Waals surface area contributed by atoms with Crippen LogP contribution < -0.4 is 10.7 Å². The van der Waals surface area contributed by atoms with E-state index >= 15 is 0 Å². The summed E-state index contributed by atoms with van der Waals surface area (Å²) in [5.41, 5.74) is 8.77. The van der Waals surface area contributed by atoms with Crippen LogP contribution in [-0.4, -0.2) is 22.5 Å². The monoisotopic (exact) mass is 608 g/mol. The number of carbonyl (C=O) groups excluding carboxylic acids is 2. The summed E-state index contributed by atoms with van der Waals surface area (Å²) in [6, 6.07) is 29.1. The molecule has 5 rings (SSSR count). The predicted octanol–water partition coefficient (Wildman–Crippen LogP) is 8.91. The molecule has 0 aliphatic heterocycles. The average molecular weight is 610 g/mol. The molecular weight excluding hydrogens is 579 g/mol. The first-order chi connectivity index (χ1) is 20.5. The van der Waals surface area contributed by atoms with Gasteiger partial charge in [0.15, 0.2) is 0 Å². The molecule has 0 aliphatic carbocycles. The minimum absolute atomic E-state index is 0.00610. The first-order valence-corrected chi connectivity index (χ1v) is 14.5. The highest BCUT2D eigenvalue weighted by molar-refractivity contribution is 6.31. The summed E-state index contributed by atoms with van der Waals surface area (Å²) in [6.07, 6.45) is 0. The molecule has 0 spiro atoms. The van der Waals surface area contributed by atoms with Gasteiger partial charge in [0.25, 0.3) is 11.8 Å². The van der Waals surface area contributed by atoms with Crippen LogP contribution in [0.4, 0.5) is 5.69 Å². The number of rotatable bonds is 6. The van der Waals surface area contributed by atoms with Crippen molar-refractivity contribution in [2.75, 3.05) is 5.32 Å². The molecule has 2 N–H and O–H groups in total. The Kier molecular flexibility index (Phi) is 8.62. The number of nitrogens with one attached hydrogen (secondary N) is 2. The second kappa shape index (κ2) is 12.4. The summed E-state index contributed by atoms with van der Waals surface area (Å²) in [5, 5.41) is 9.01. The predicted molar refractivity (Wildman–Crippen MR) is 176 cm³/mol. The van der Waals surface area contributed by atoms with Gasteiger partial charge >= 0.3 is 0 Å². The van der Waals surface area contributed by atoms with Crippen LogP contribution in [0.2, 0.25) is 10.0 Å². The van der Waals surface area contributed by atoms with Gasteiger partial charge in [0, 0.05) is 32.2 Å². The van der Waals surface area contributed by atoms with Gasteiger partial charge in [-0.1, -0.05) is 80.4 Å². The van der Waals surface area contributed by atoms with Crippen LogP contribution in [-0.2, 0) is 5.41 Å². The topological polar surface area (TPSA) is 83.4 Å². The van der Waals surface area contributed by atoms with Crippen molar-refractivity contribution in [2.24, 2.45) is 5.10 Å². The summed E-state index contributed by atoms with van der Waals surface area (Å²) < 4.78 is 0. The molecule has 0 unspecified atom stereocenters. The quantitative estimate of drug-likeness (QED) is 0.149. The maximum Gasteiger partial charge on any atom is 0.272 e. The van der Waals surface area contributed by atoms with Crippen molar-refractivity contribution in [1.82, 2.24) is 10.4 Å². The van der Waals surface area contributed by atoms with Gasteiger partial charge in [-0.25, -0.2) is 10.4 Å². The zero-order valence-corrected chi connectivity index (χ0v) is 25.7. The van der Waals surface area contributed by atoms with Crippen LogP contribution in [0.25, 0.3) is 22.2 Å². The largest absolute Gasteiger partial charge is 0.322 e. The molecule has 0 bridgehead atoms. The maximum absolute atomic E-state index is 13.4. The first kappa shape index (κ1) is 30.0.